The third-order valence-electron chi connectivity index (χ3n) is 5.71. The van der Waals surface area contributed by atoms with Gasteiger partial charge in [0.15, 0.2) is 0 Å². The molecule has 5 rings (SSSR count). The van der Waals surface area contributed by atoms with Gasteiger partial charge >= 0.3 is 0 Å². The number of rotatable bonds is 2. The molecule has 0 aliphatic carbocycles. The highest BCUT2D eigenvalue weighted by atomic mass is 32.1. The van der Waals surface area contributed by atoms with E-state index in [1.807, 2.05) is 36.4 Å². The van der Waals surface area contributed by atoms with Gasteiger partial charge in [0.2, 0.25) is 5.91 Å². The van der Waals surface area contributed by atoms with Gasteiger partial charge in [0.05, 0.1) is 24.3 Å². The molecule has 3 amide bonds. The molecule has 158 valence electrons. The van der Waals surface area contributed by atoms with Gasteiger partial charge in [-0.05, 0) is 18.1 Å². The number of nitrogens with one attached hydrogen (secondary N) is 1. The summed E-state index contributed by atoms with van der Waals surface area (Å²) in [6.45, 7) is 0.959. The van der Waals surface area contributed by atoms with Crippen molar-refractivity contribution in [1.29, 1.82) is 0 Å². The summed E-state index contributed by atoms with van der Waals surface area (Å²) >= 11 is 1.39. The van der Waals surface area contributed by atoms with E-state index < -0.39 is 0 Å². The molecule has 2 aliphatic heterocycles. The number of benzene rings is 1. The van der Waals surface area contributed by atoms with Crippen LogP contribution in [0.4, 0.5) is 5.00 Å². The van der Waals surface area contributed by atoms with E-state index in [0.29, 0.717) is 35.8 Å². The van der Waals surface area contributed by atoms with Crippen LogP contribution in [0, 0.1) is 0 Å². The van der Waals surface area contributed by atoms with Gasteiger partial charge in [-0.2, -0.15) is 5.10 Å². The Morgan fingerprint density at radius 2 is 1.90 bits per heavy atom. The van der Waals surface area contributed by atoms with E-state index in [1.54, 1.807) is 23.7 Å². The Balaban J connectivity index is 1.43. The van der Waals surface area contributed by atoms with Crippen LogP contribution in [0.15, 0.2) is 36.4 Å². The van der Waals surface area contributed by atoms with Gasteiger partial charge in [-0.25, -0.2) is 0 Å². The van der Waals surface area contributed by atoms with Crippen molar-refractivity contribution in [2.75, 3.05) is 25.5 Å². The zero-order valence-corrected chi connectivity index (χ0v) is 18.0. The van der Waals surface area contributed by atoms with Crippen LogP contribution in [-0.4, -0.2) is 57.4 Å². The fourth-order valence-electron chi connectivity index (χ4n) is 4.11. The van der Waals surface area contributed by atoms with Crippen LogP contribution >= 0.6 is 11.3 Å². The summed E-state index contributed by atoms with van der Waals surface area (Å²) in [6.07, 6.45) is 0.575. The first-order chi connectivity index (χ1) is 14.9. The molecule has 9 heteroatoms. The molecule has 0 saturated carbocycles. The van der Waals surface area contributed by atoms with Crippen molar-refractivity contribution in [2.45, 2.75) is 13.0 Å². The van der Waals surface area contributed by atoms with Crippen molar-refractivity contribution < 1.29 is 14.4 Å². The van der Waals surface area contributed by atoms with Crippen molar-refractivity contribution >= 4 is 34.1 Å². The summed E-state index contributed by atoms with van der Waals surface area (Å²) in [4.78, 5) is 42.3. The highest BCUT2D eigenvalue weighted by Gasteiger charge is 2.34. The Labute approximate surface area is 183 Å². The van der Waals surface area contributed by atoms with E-state index >= 15 is 0 Å². The van der Waals surface area contributed by atoms with Crippen molar-refractivity contribution in [2.24, 2.45) is 7.05 Å². The molecule has 0 spiro atoms. The molecule has 0 unspecified atom stereocenters. The molecule has 2 aliphatic rings. The molecular weight excluding hydrogens is 414 g/mol. The molecule has 4 heterocycles. The molecule has 31 heavy (non-hydrogen) atoms. The number of fused-ring (bicyclic) bond motifs is 3. The fourth-order valence-corrected chi connectivity index (χ4v) is 5.39. The molecule has 0 atom stereocenters. The Morgan fingerprint density at radius 1 is 1.13 bits per heavy atom. The van der Waals surface area contributed by atoms with Crippen LogP contribution in [0.1, 0.15) is 31.3 Å². The van der Waals surface area contributed by atoms with Crippen molar-refractivity contribution in [3.63, 3.8) is 0 Å². The second-order valence-corrected chi connectivity index (χ2v) is 8.90. The quantitative estimate of drug-likeness (QED) is 0.670. The minimum absolute atomic E-state index is 0.0455. The number of hydrogen-bond donors (Lipinski definition) is 1. The van der Waals surface area contributed by atoms with Gasteiger partial charge in [0.25, 0.3) is 11.8 Å². The van der Waals surface area contributed by atoms with Crippen molar-refractivity contribution in [1.82, 2.24) is 19.6 Å². The van der Waals surface area contributed by atoms with Crippen LogP contribution in [0.25, 0.3) is 11.3 Å². The number of aromatic nitrogens is 2. The lowest BCUT2D eigenvalue weighted by molar-refractivity contribution is -0.116. The third kappa shape index (κ3) is 3.31. The molecule has 1 aromatic carbocycles. The number of carbonyl (C=O) groups is 3. The number of anilines is 1. The highest BCUT2D eigenvalue weighted by molar-refractivity contribution is 7.17. The second kappa shape index (κ2) is 7.35. The summed E-state index contributed by atoms with van der Waals surface area (Å²) in [6, 6.07) is 11.6. The average Bonchev–Trinajstić information content (AvgIpc) is 3.29. The number of amides is 3. The molecule has 8 nitrogen and oxygen atoms in total. The maximum atomic E-state index is 13.3. The van der Waals surface area contributed by atoms with E-state index in [0.717, 1.165) is 21.7 Å². The standard InChI is InChI=1S/C22H21N5O3S/c1-25-12-18(28)23-20-19(22(25)30)14-8-9-27(11-17(14)31-20)21(29)16-10-15(24-26(16)2)13-6-4-3-5-7-13/h3-7,10H,8-9,11-12H2,1-2H3,(H,23,28). The molecule has 0 fully saturated rings. The number of thiophene rings is 1. The van der Waals surface area contributed by atoms with Crippen LogP contribution in [0.2, 0.25) is 0 Å². The SMILES string of the molecule is CN1CC(=O)Nc2sc3c(c2C1=O)CCN(C(=O)c1cc(-c2ccccc2)nn1C)C3. The number of carbonyl (C=O) groups excluding carboxylic acids is 3. The zero-order chi connectivity index (χ0) is 21.7. The second-order valence-electron chi connectivity index (χ2n) is 7.80. The van der Waals surface area contributed by atoms with Crippen LogP contribution < -0.4 is 5.32 Å². The minimum Gasteiger partial charge on any atom is -0.332 e. The lowest BCUT2D eigenvalue weighted by Gasteiger charge is -2.27. The fraction of sp³-hybridized carbons (Fsp3) is 0.273. The Bertz CT molecular complexity index is 1210. The maximum Gasteiger partial charge on any atom is 0.272 e. The number of nitrogens with zero attached hydrogens (tertiary/aromatic N) is 4. The Hall–Kier alpha value is -3.46. The largest absolute Gasteiger partial charge is 0.332 e. The summed E-state index contributed by atoms with van der Waals surface area (Å²) in [5, 5.41) is 7.94. The highest BCUT2D eigenvalue weighted by Crippen LogP contribution is 2.39. The van der Waals surface area contributed by atoms with E-state index in [4.69, 9.17) is 0 Å². The van der Waals surface area contributed by atoms with E-state index in [-0.39, 0.29) is 24.3 Å². The van der Waals surface area contributed by atoms with Gasteiger partial charge in [-0.1, -0.05) is 30.3 Å². The first kappa shape index (κ1) is 19.5. The maximum absolute atomic E-state index is 13.3. The molecule has 0 bridgehead atoms. The smallest absolute Gasteiger partial charge is 0.272 e. The molecule has 0 saturated heterocycles. The van der Waals surface area contributed by atoms with E-state index in [9.17, 15) is 14.4 Å². The summed E-state index contributed by atoms with van der Waals surface area (Å²) in [7, 11) is 3.40. The first-order valence-electron chi connectivity index (χ1n) is 10.0. The van der Waals surface area contributed by atoms with Gasteiger partial charge in [-0.3, -0.25) is 19.1 Å². The van der Waals surface area contributed by atoms with Crippen molar-refractivity contribution in [3.05, 3.63) is 58.1 Å². The first-order valence-corrected chi connectivity index (χ1v) is 10.8. The Morgan fingerprint density at radius 3 is 2.68 bits per heavy atom. The number of likely N-dealkylation sites (N-methyl/N-ethyl adjacent to an activating group) is 1. The summed E-state index contributed by atoms with van der Waals surface area (Å²) < 4.78 is 1.61. The van der Waals surface area contributed by atoms with E-state index in [1.165, 1.54) is 16.2 Å². The predicted octanol–water partition coefficient (Wildman–Crippen LogP) is 2.37. The lowest BCUT2D eigenvalue weighted by atomic mass is 10.0. The van der Waals surface area contributed by atoms with E-state index in [2.05, 4.69) is 10.4 Å². The summed E-state index contributed by atoms with van der Waals surface area (Å²) in [5.74, 6) is -0.451. The average molecular weight is 436 g/mol. The minimum atomic E-state index is -0.204. The monoisotopic (exact) mass is 435 g/mol. The summed E-state index contributed by atoms with van der Waals surface area (Å²) in [5.41, 5.74) is 3.75. The number of hydrogen-bond acceptors (Lipinski definition) is 5. The van der Waals surface area contributed by atoms with Gasteiger partial charge in [0, 0.05) is 31.1 Å². The third-order valence-corrected chi connectivity index (χ3v) is 6.84. The molecule has 2 aromatic heterocycles. The van der Waals surface area contributed by atoms with Crippen molar-refractivity contribution in [3.8, 4) is 11.3 Å². The molecule has 3 aromatic rings. The molecule has 0 radical (unpaired) electrons. The normalized spacial score (nSPS) is 15.9. The molecular formula is C22H21N5O3S. The van der Waals surface area contributed by atoms with Crippen LogP contribution in [0.3, 0.4) is 0 Å². The van der Waals surface area contributed by atoms with Crippen LogP contribution in [0.5, 0.6) is 0 Å². The van der Waals surface area contributed by atoms with Crippen LogP contribution in [-0.2, 0) is 24.8 Å². The zero-order valence-electron chi connectivity index (χ0n) is 17.2. The van der Waals surface area contributed by atoms with Gasteiger partial charge in [0.1, 0.15) is 10.7 Å². The molecule has 1 N–H and O–H groups in total. The number of aryl methyl sites for hydroxylation is 1. The predicted molar refractivity (Wildman–Crippen MR) is 117 cm³/mol. The van der Waals surface area contributed by atoms with Gasteiger partial charge < -0.3 is 15.1 Å². The Kier molecular flexibility index (Phi) is 4.62. The van der Waals surface area contributed by atoms with Gasteiger partial charge in [-0.15, -0.1) is 11.3 Å². The topological polar surface area (TPSA) is 87.5 Å². The lowest BCUT2D eigenvalue weighted by Crippen LogP contribution is -2.37.